The van der Waals surface area contributed by atoms with Gasteiger partial charge in [0.05, 0.1) is 19.3 Å². The number of hydrogen-bond acceptors (Lipinski definition) is 3. The van der Waals surface area contributed by atoms with Gasteiger partial charge >= 0.3 is 0 Å². The number of aryl methyl sites for hydroxylation is 1. The van der Waals surface area contributed by atoms with E-state index in [-0.39, 0.29) is 0 Å². The quantitative estimate of drug-likeness (QED) is 0.929. The number of ether oxygens (including phenoxy) is 1. The van der Waals surface area contributed by atoms with Crippen LogP contribution in [0, 0.1) is 0 Å². The molecule has 0 fully saturated rings. The van der Waals surface area contributed by atoms with Crippen LogP contribution < -0.4 is 10.1 Å². The SMILES string of the molecule is CNC1CCCc2cn(Cc3cccc(OC)n3)cc21. The lowest BCUT2D eigenvalue weighted by Gasteiger charge is -2.21. The maximum Gasteiger partial charge on any atom is 0.213 e. The Labute approximate surface area is 119 Å². The zero-order valence-corrected chi connectivity index (χ0v) is 12.1. The minimum absolute atomic E-state index is 0.498. The summed E-state index contributed by atoms with van der Waals surface area (Å²) in [6.45, 7) is 0.792. The van der Waals surface area contributed by atoms with E-state index in [1.807, 2.05) is 25.2 Å². The van der Waals surface area contributed by atoms with Gasteiger partial charge in [0.2, 0.25) is 5.88 Å². The van der Waals surface area contributed by atoms with E-state index in [9.17, 15) is 0 Å². The van der Waals surface area contributed by atoms with Crippen LogP contribution in [-0.4, -0.2) is 23.7 Å². The molecule has 0 amide bonds. The predicted molar refractivity (Wildman–Crippen MR) is 79.1 cm³/mol. The smallest absolute Gasteiger partial charge is 0.213 e. The topological polar surface area (TPSA) is 39.1 Å². The van der Waals surface area contributed by atoms with Crippen molar-refractivity contribution in [2.45, 2.75) is 31.8 Å². The van der Waals surface area contributed by atoms with Gasteiger partial charge in [0, 0.05) is 24.5 Å². The van der Waals surface area contributed by atoms with Crippen molar-refractivity contribution in [3.05, 3.63) is 47.4 Å². The van der Waals surface area contributed by atoms with Gasteiger partial charge in [-0.15, -0.1) is 0 Å². The summed E-state index contributed by atoms with van der Waals surface area (Å²) in [7, 11) is 3.69. The third-order valence-electron chi connectivity index (χ3n) is 4.00. The Balaban J connectivity index is 1.83. The summed E-state index contributed by atoms with van der Waals surface area (Å²) in [5.41, 5.74) is 3.94. The fourth-order valence-electron chi connectivity index (χ4n) is 2.99. The van der Waals surface area contributed by atoms with Crippen molar-refractivity contribution < 1.29 is 4.74 Å². The molecule has 0 radical (unpaired) electrons. The van der Waals surface area contributed by atoms with E-state index in [2.05, 4.69) is 27.3 Å². The molecule has 1 atom stereocenters. The lowest BCUT2D eigenvalue weighted by molar-refractivity contribution is 0.396. The zero-order chi connectivity index (χ0) is 13.9. The molecule has 0 spiro atoms. The first-order chi connectivity index (χ1) is 9.80. The Morgan fingerprint density at radius 3 is 3.10 bits per heavy atom. The Kier molecular flexibility index (Phi) is 3.74. The summed E-state index contributed by atoms with van der Waals surface area (Å²) in [5.74, 6) is 0.674. The summed E-state index contributed by atoms with van der Waals surface area (Å²) in [6, 6.07) is 6.40. The highest BCUT2D eigenvalue weighted by Gasteiger charge is 2.20. The molecule has 0 aromatic carbocycles. The number of pyridine rings is 1. The monoisotopic (exact) mass is 271 g/mol. The lowest BCUT2D eigenvalue weighted by atomic mass is 9.91. The van der Waals surface area contributed by atoms with Gasteiger partial charge in [-0.2, -0.15) is 0 Å². The Bertz CT molecular complexity index is 591. The first-order valence-corrected chi connectivity index (χ1v) is 7.16. The average Bonchev–Trinajstić information content (AvgIpc) is 2.89. The highest BCUT2D eigenvalue weighted by atomic mass is 16.5. The molecule has 4 heteroatoms. The van der Waals surface area contributed by atoms with Crippen molar-refractivity contribution >= 4 is 0 Å². The third-order valence-corrected chi connectivity index (χ3v) is 4.00. The Morgan fingerprint density at radius 2 is 2.30 bits per heavy atom. The second kappa shape index (κ2) is 5.67. The van der Waals surface area contributed by atoms with E-state index in [0.29, 0.717) is 11.9 Å². The van der Waals surface area contributed by atoms with Crippen LogP contribution in [0.15, 0.2) is 30.6 Å². The Morgan fingerprint density at radius 1 is 1.40 bits per heavy atom. The number of hydrogen-bond donors (Lipinski definition) is 1. The lowest BCUT2D eigenvalue weighted by Crippen LogP contribution is -2.20. The molecule has 0 aliphatic heterocycles. The minimum Gasteiger partial charge on any atom is -0.481 e. The maximum absolute atomic E-state index is 5.18. The van der Waals surface area contributed by atoms with E-state index in [4.69, 9.17) is 4.74 Å². The van der Waals surface area contributed by atoms with Gasteiger partial charge in [0.15, 0.2) is 0 Å². The molecule has 1 unspecified atom stereocenters. The molecular weight excluding hydrogens is 250 g/mol. The second-order valence-electron chi connectivity index (χ2n) is 5.32. The van der Waals surface area contributed by atoms with Gasteiger partial charge < -0.3 is 14.6 Å². The van der Waals surface area contributed by atoms with Crippen molar-refractivity contribution in [2.24, 2.45) is 0 Å². The first-order valence-electron chi connectivity index (χ1n) is 7.16. The molecule has 2 aromatic rings. The minimum atomic E-state index is 0.498. The van der Waals surface area contributed by atoms with E-state index >= 15 is 0 Å². The van der Waals surface area contributed by atoms with Crippen LogP contribution in [0.25, 0.3) is 0 Å². The highest BCUT2D eigenvalue weighted by molar-refractivity contribution is 5.31. The first kappa shape index (κ1) is 13.2. The second-order valence-corrected chi connectivity index (χ2v) is 5.32. The molecule has 1 aliphatic carbocycles. The number of nitrogens with zero attached hydrogens (tertiary/aromatic N) is 2. The molecule has 3 rings (SSSR count). The molecule has 106 valence electrons. The largest absolute Gasteiger partial charge is 0.481 e. The van der Waals surface area contributed by atoms with Crippen LogP contribution in [0.2, 0.25) is 0 Å². The van der Waals surface area contributed by atoms with Crippen LogP contribution in [0.1, 0.15) is 35.7 Å². The molecule has 0 bridgehead atoms. The third kappa shape index (κ3) is 2.56. The normalized spacial score (nSPS) is 17.8. The predicted octanol–water partition coefficient (Wildman–Crippen LogP) is 2.54. The van der Waals surface area contributed by atoms with Crippen LogP contribution >= 0.6 is 0 Å². The summed E-state index contributed by atoms with van der Waals surface area (Å²) in [6.07, 6.45) is 8.20. The summed E-state index contributed by atoms with van der Waals surface area (Å²) < 4.78 is 7.42. The highest BCUT2D eigenvalue weighted by Crippen LogP contribution is 2.30. The molecule has 4 nitrogen and oxygen atoms in total. The summed E-state index contributed by atoms with van der Waals surface area (Å²) in [4.78, 5) is 4.47. The molecule has 1 N–H and O–H groups in total. The van der Waals surface area contributed by atoms with Crippen LogP contribution in [0.4, 0.5) is 0 Å². The van der Waals surface area contributed by atoms with Gasteiger partial charge in [-0.1, -0.05) is 6.07 Å². The average molecular weight is 271 g/mol. The summed E-state index contributed by atoms with van der Waals surface area (Å²) in [5, 5.41) is 3.41. The molecule has 2 aromatic heterocycles. The van der Waals surface area contributed by atoms with Crippen LogP contribution in [0.3, 0.4) is 0 Å². The number of aromatic nitrogens is 2. The van der Waals surface area contributed by atoms with Gasteiger partial charge in [-0.25, -0.2) is 4.98 Å². The number of fused-ring (bicyclic) bond motifs is 1. The van der Waals surface area contributed by atoms with E-state index < -0.39 is 0 Å². The number of nitrogens with one attached hydrogen (secondary N) is 1. The fraction of sp³-hybridized carbons (Fsp3) is 0.438. The number of rotatable bonds is 4. The zero-order valence-electron chi connectivity index (χ0n) is 12.1. The van der Waals surface area contributed by atoms with E-state index in [1.165, 1.54) is 30.4 Å². The van der Waals surface area contributed by atoms with Gasteiger partial charge in [-0.3, -0.25) is 0 Å². The van der Waals surface area contributed by atoms with Crippen LogP contribution in [-0.2, 0) is 13.0 Å². The van der Waals surface area contributed by atoms with Crippen molar-refractivity contribution in [1.29, 1.82) is 0 Å². The Hall–Kier alpha value is -1.81. The summed E-state index contributed by atoms with van der Waals surface area (Å²) >= 11 is 0. The van der Waals surface area contributed by atoms with Gasteiger partial charge in [-0.05, 0) is 43.5 Å². The van der Waals surface area contributed by atoms with E-state index in [0.717, 1.165) is 12.2 Å². The molecule has 0 saturated heterocycles. The van der Waals surface area contributed by atoms with E-state index in [1.54, 1.807) is 7.11 Å². The van der Waals surface area contributed by atoms with Gasteiger partial charge in [0.25, 0.3) is 0 Å². The molecule has 2 heterocycles. The van der Waals surface area contributed by atoms with Crippen molar-refractivity contribution in [2.75, 3.05) is 14.2 Å². The van der Waals surface area contributed by atoms with Gasteiger partial charge in [0.1, 0.15) is 0 Å². The number of methoxy groups -OCH3 is 1. The van der Waals surface area contributed by atoms with Crippen LogP contribution in [0.5, 0.6) is 5.88 Å². The van der Waals surface area contributed by atoms with Crippen molar-refractivity contribution in [3.8, 4) is 5.88 Å². The van der Waals surface area contributed by atoms with Crippen molar-refractivity contribution in [1.82, 2.24) is 14.9 Å². The standard InChI is InChI=1S/C16H21N3O/c1-17-15-7-3-5-12-9-19(11-14(12)15)10-13-6-4-8-16(18-13)20-2/h4,6,8-9,11,15,17H,3,5,7,10H2,1-2H3. The fourth-order valence-corrected chi connectivity index (χ4v) is 2.99. The maximum atomic E-state index is 5.18. The molecular formula is C16H21N3O. The molecule has 1 aliphatic rings. The molecule has 20 heavy (non-hydrogen) atoms. The molecule has 0 saturated carbocycles. The van der Waals surface area contributed by atoms with Crippen molar-refractivity contribution in [3.63, 3.8) is 0 Å².